The molecule has 4 aromatic carbocycles. The average Bonchev–Trinajstić information content (AvgIpc) is 3.15. The quantitative estimate of drug-likeness (QED) is 0.173. The topological polar surface area (TPSA) is 188 Å². The molecule has 1 heterocycles. The van der Waals surface area contributed by atoms with Crippen molar-refractivity contribution in [1.29, 1.82) is 0 Å². The van der Waals surface area contributed by atoms with Gasteiger partial charge < -0.3 is 24.6 Å². The van der Waals surface area contributed by atoms with E-state index in [4.69, 9.17) is 9.47 Å². The van der Waals surface area contributed by atoms with E-state index in [1.165, 1.54) is 93.1 Å². The molecule has 0 atom stereocenters. The summed E-state index contributed by atoms with van der Waals surface area (Å²) in [5.41, 5.74) is -0.380. The van der Waals surface area contributed by atoms with Crippen LogP contribution in [0.2, 0.25) is 0 Å². The van der Waals surface area contributed by atoms with Crippen LogP contribution in [0.1, 0.15) is 24.8 Å². The molecule has 0 aliphatic carbocycles. The van der Waals surface area contributed by atoms with E-state index in [1.54, 1.807) is 17.0 Å². The number of carbonyl (C=O) groups is 3. The highest BCUT2D eigenvalue weighted by Gasteiger charge is 2.34. The molecule has 0 aromatic heterocycles. The Balaban J connectivity index is 1.82. The zero-order valence-corrected chi connectivity index (χ0v) is 30.0. The summed E-state index contributed by atoms with van der Waals surface area (Å²) >= 11 is 0. The van der Waals surface area contributed by atoms with Crippen LogP contribution in [0.5, 0.6) is 11.5 Å². The van der Waals surface area contributed by atoms with Crippen LogP contribution in [0.15, 0.2) is 94.7 Å². The normalized spacial score (nSPS) is 13.5. The van der Waals surface area contributed by atoms with Crippen molar-refractivity contribution < 1.29 is 50.9 Å². The van der Waals surface area contributed by atoms with Crippen molar-refractivity contribution in [2.75, 3.05) is 49.0 Å². The Morgan fingerprint density at radius 2 is 1.19 bits per heavy atom. The first-order valence-corrected chi connectivity index (χ1v) is 19.0. The van der Waals surface area contributed by atoms with Gasteiger partial charge in [0.1, 0.15) is 24.6 Å². The monoisotopic (exact) mass is 751 g/mol. The van der Waals surface area contributed by atoms with Crippen LogP contribution >= 0.6 is 0 Å². The van der Waals surface area contributed by atoms with E-state index in [2.05, 4.69) is 0 Å². The lowest BCUT2D eigenvalue weighted by Gasteiger charge is -2.30. The van der Waals surface area contributed by atoms with Crippen molar-refractivity contribution in [2.45, 2.75) is 29.1 Å². The molecule has 5 rings (SSSR count). The largest absolute Gasteiger partial charge is 0.497 e. The maximum Gasteiger partial charge on any atom is 0.324 e. The van der Waals surface area contributed by atoms with Gasteiger partial charge in [-0.05, 0) is 79.9 Å². The fourth-order valence-corrected chi connectivity index (χ4v) is 8.82. The molecule has 16 heteroatoms. The highest BCUT2D eigenvalue weighted by atomic mass is 32.2. The molecule has 1 amide bonds. The Hall–Kier alpha value is -5.61. The van der Waals surface area contributed by atoms with Gasteiger partial charge in [0.2, 0.25) is 5.91 Å². The van der Waals surface area contributed by atoms with Crippen molar-refractivity contribution >= 4 is 66.1 Å². The predicted octanol–water partition coefficient (Wildman–Crippen LogP) is 4.44. The molecule has 0 saturated carbocycles. The first-order valence-electron chi connectivity index (χ1n) is 16.1. The molecule has 14 nitrogen and oxygen atoms in total. The number of rotatable bonds is 14. The number of hydrogen-bond acceptors (Lipinski definition) is 9. The van der Waals surface area contributed by atoms with Crippen LogP contribution in [0.25, 0.3) is 16.8 Å². The highest BCUT2D eigenvalue weighted by Crippen LogP contribution is 2.42. The van der Waals surface area contributed by atoms with E-state index in [0.29, 0.717) is 33.2 Å². The lowest BCUT2D eigenvalue weighted by atomic mass is 10.0. The third-order valence-electron chi connectivity index (χ3n) is 8.47. The smallest absolute Gasteiger partial charge is 0.324 e. The molecule has 52 heavy (non-hydrogen) atoms. The van der Waals surface area contributed by atoms with Crippen LogP contribution in [0.3, 0.4) is 0 Å². The van der Waals surface area contributed by atoms with Crippen molar-refractivity contribution in [3.63, 3.8) is 0 Å². The summed E-state index contributed by atoms with van der Waals surface area (Å²) in [5.74, 6) is -2.66. The Kier molecular flexibility index (Phi) is 11.4. The molecule has 4 aromatic rings. The molecule has 274 valence electrons. The second kappa shape index (κ2) is 15.7. The lowest BCUT2D eigenvalue weighted by Crippen LogP contribution is -2.37. The Labute approximate surface area is 301 Å². The zero-order valence-electron chi connectivity index (χ0n) is 28.3. The number of hydrogen-bond donors (Lipinski definition) is 2. The molecular weight excluding hydrogens is 715 g/mol. The number of aliphatic carboxylic acids is 2. The van der Waals surface area contributed by atoms with Gasteiger partial charge in [-0.1, -0.05) is 24.3 Å². The Bertz CT molecular complexity index is 2220. The molecule has 2 N–H and O–H groups in total. The summed E-state index contributed by atoms with van der Waals surface area (Å²) in [6.45, 7) is -1.08. The van der Waals surface area contributed by atoms with Gasteiger partial charge in [0.05, 0.1) is 35.4 Å². The predicted molar refractivity (Wildman–Crippen MR) is 194 cm³/mol. The number of sulfonamides is 2. The number of methoxy groups -OCH3 is 2. The van der Waals surface area contributed by atoms with E-state index in [9.17, 15) is 41.4 Å². The minimum Gasteiger partial charge on any atom is -0.497 e. The number of fused-ring (bicyclic) bond motifs is 1. The van der Waals surface area contributed by atoms with Crippen LogP contribution < -0.4 is 18.1 Å². The molecule has 0 radical (unpaired) electrons. The summed E-state index contributed by atoms with van der Waals surface area (Å²) < 4.78 is 68.7. The van der Waals surface area contributed by atoms with Gasteiger partial charge in [0.15, 0.2) is 0 Å². The summed E-state index contributed by atoms with van der Waals surface area (Å²) in [4.78, 5) is 39.0. The minimum atomic E-state index is -4.65. The van der Waals surface area contributed by atoms with E-state index in [-0.39, 0.29) is 37.5 Å². The Morgan fingerprint density at radius 1 is 0.712 bits per heavy atom. The number of ether oxygens (including phenoxy) is 2. The fourth-order valence-electron chi connectivity index (χ4n) is 5.93. The average molecular weight is 752 g/mol. The molecule has 0 unspecified atom stereocenters. The lowest BCUT2D eigenvalue weighted by molar-refractivity contribution is -0.136. The SMILES string of the molecule is COc1ccc(S(=O)(=O)N(CC(=O)O)c2cc(/C=C\C(=O)N3CCCCC3)c(N(CC(=O)O)S(=O)(=O)c3ccc(OC)cc3)c3ccccc23)cc1. The van der Waals surface area contributed by atoms with E-state index in [0.717, 1.165) is 19.3 Å². The summed E-state index contributed by atoms with van der Waals surface area (Å²) in [5, 5.41) is 20.2. The molecule has 1 aliphatic rings. The van der Waals surface area contributed by atoms with Crippen LogP contribution in [-0.2, 0) is 34.4 Å². The van der Waals surface area contributed by atoms with Crippen LogP contribution in [0.4, 0.5) is 11.4 Å². The van der Waals surface area contributed by atoms with Gasteiger partial charge >= 0.3 is 11.9 Å². The number of carboxylic acid groups (broad SMARTS) is 2. The van der Waals surface area contributed by atoms with Crippen molar-refractivity contribution in [2.24, 2.45) is 0 Å². The van der Waals surface area contributed by atoms with Crippen molar-refractivity contribution in [3.05, 3.63) is 90.5 Å². The summed E-state index contributed by atoms with van der Waals surface area (Å²) in [6.07, 6.45) is 5.05. The number of anilines is 2. The fraction of sp³-hybridized carbons (Fsp3) is 0.250. The van der Waals surface area contributed by atoms with Crippen molar-refractivity contribution in [1.82, 2.24) is 4.90 Å². The maximum absolute atomic E-state index is 14.3. The summed E-state index contributed by atoms with van der Waals surface area (Å²) in [6, 6.07) is 17.9. The highest BCUT2D eigenvalue weighted by molar-refractivity contribution is 7.93. The second-order valence-corrected chi connectivity index (χ2v) is 15.5. The van der Waals surface area contributed by atoms with E-state index < -0.39 is 51.0 Å². The van der Waals surface area contributed by atoms with Crippen LogP contribution in [-0.4, -0.2) is 90.2 Å². The number of nitrogens with zero attached hydrogens (tertiary/aromatic N) is 3. The molecule has 1 saturated heterocycles. The van der Waals surface area contributed by atoms with Gasteiger partial charge in [-0.2, -0.15) is 0 Å². The summed E-state index contributed by atoms with van der Waals surface area (Å²) in [7, 11) is -6.44. The molecule has 0 spiro atoms. The van der Waals surface area contributed by atoms with Gasteiger partial charge in [-0.25, -0.2) is 16.8 Å². The Morgan fingerprint density at radius 3 is 1.69 bits per heavy atom. The van der Waals surface area contributed by atoms with E-state index >= 15 is 0 Å². The van der Waals surface area contributed by atoms with Crippen molar-refractivity contribution in [3.8, 4) is 11.5 Å². The van der Waals surface area contributed by atoms with Gasteiger partial charge in [0, 0.05) is 35.5 Å². The van der Waals surface area contributed by atoms with Crippen LogP contribution in [0, 0.1) is 0 Å². The third kappa shape index (κ3) is 7.97. The number of carbonyl (C=O) groups excluding carboxylic acids is 1. The van der Waals surface area contributed by atoms with Gasteiger partial charge in [-0.15, -0.1) is 0 Å². The van der Waals surface area contributed by atoms with Gasteiger partial charge in [-0.3, -0.25) is 23.0 Å². The standard InChI is InChI=1S/C36H37N3O11S2/c1-49-26-11-15-28(16-12-26)51(45,46)38(23-34(41)42)32-22-25(10-19-33(40)37-20-6-3-7-21-37)36(31-9-5-4-8-30(31)32)39(24-35(43)44)52(47,48)29-17-13-27(50-2)14-18-29/h4-5,8-19,22H,3,6-7,20-21,23-24H2,1-2H3,(H,41,42)(H,43,44)/b19-10-. The number of amides is 1. The number of benzene rings is 4. The molecule has 1 fully saturated rings. The number of carboxylic acids is 2. The first-order chi connectivity index (χ1) is 24.8. The first kappa shape index (κ1) is 37.6. The van der Waals surface area contributed by atoms with E-state index in [1.807, 2.05) is 0 Å². The zero-order chi connectivity index (χ0) is 37.6. The molecular formula is C36H37N3O11S2. The number of piperidine rings is 1. The second-order valence-electron chi connectivity index (χ2n) is 11.8. The maximum atomic E-state index is 14.3. The minimum absolute atomic E-state index is 0.0577. The number of likely N-dealkylation sites (tertiary alicyclic amines) is 1. The third-order valence-corrected chi connectivity index (χ3v) is 12.0. The molecule has 0 bridgehead atoms. The van der Waals surface area contributed by atoms with Gasteiger partial charge in [0.25, 0.3) is 20.0 Å². The molecule has 1 aliphatic heterocycles.